The van der Waals surface area contributed by atoms with Gasteiger partial charge < -0.3 is 14.8 Å². The van der Waals surface area contributed by atoms with E-state index in [1.807, 2.05) is 44.2 Å². The zero-order valence-corrected chi connectivity index (χ0v) is 15.9. The molecule has 0 atom stereocenters. The van der Waals surface area contributed by atoms with Crippen LogP contribution < -0.4 is 14.8 Å². The minimum Gasteiger partial charge on any atom is -0.454 e. The van der Waals surface area contributed by atoms with Crippen molar-refractivity contribution in [2.24, 2.45) is 0 Å². The Kier molecular flexibility index (Phi) is 4.47. The summed E-state index contributed by atoms with van der Waals surface area (Å²) in [4.78, 5) is 29.9. The molecule has 1 aliphatic rings. The lowest BCUT2D eigenvalue weighted by Gasteiger charge is -2.14. The molecule has 2 heterocycles. The van der Waals surface area contributed by atoms with Crippen molar-refractivity contribution in [2.75, 3.05) is 12.1 Å². The summed E-state index contributed by atoms with van der Waals surface area (Å²) in [5.74, 6) is 0.704. The number of carbonyl (C=O) groups excluding carboxylic acids is 2. The first-order chi connectivity index (χ1) is 13.4. The van der Waals surface area contributed by atoms with Crippen molar-refractivity contribution in [3.8, 4) is 11.5 Å². The molecular weight excluding hydrogens is 356 g/mol. The second kappa shape index (κ2) is 6.96. The van der Waals surface area contributed by atoms with Gasteiger partial charge in [-0.2, -0.15) is 0 Å². The Morgan fingerprint density at radius 3 is 2.46 bits per heavy atom. The van der Waals surface area contributed by atoms with Crippen molar-refractivity contribution < 1.29 is 19.1 Å². The number of anilines is 1. The van der Waals surface area contributed by atoms with Gasteiger partial charge in [0.05, 0.1) is 16.8 Å². The highest BCUT2D eigenvalue weighted by Gasteiger charge is 2.22. The number of rotatable bonds is 4. The predicted molar refractivity (Wildman–Crippen MR) is 106 cm³/mol. The van der Waals surface area contributed by atoms with Gasteiger partial charge in [0.1, 0.15) is 0 Å². The number of ketones is 1. The zero-order valence-electron chi connectivity index (χ0n) is 15.9. The van der Waals surface area contributed by atoms with Crippen LogP contribution in [0.1, 0.15) is 53.1 Å². The third kappa shape index (κ3) is 3.17. The van der Waals surface area contributed by atoms with Gasteiger partial charge in [-0.3, -0.25) is 14.6 Å². The molecule has 0 saturated carbocycles. The zero-order chi connectivity index (χ0) is 19.8. The fourth-order valence-electron chi connectivity index (χ4n) is 3.21. The highest BCUT2D eigenvalue weighted by atomic mass is 16.7. The van der Waals surface area contributed by atoms with Gasteiger partial charge in [-0.25, -0.2) is 0 Å². The van der Waals surface area contributed by atoms with Crippen molar-refractivity contribution >= 4 is 28.3 Å². The number of hydrogen-bond acceptors (Lipinski definition) is 5. The second-order valence-corrected chi connectivity index (χ2v) is 7.03. The first kappa shape index (κ1) is 18.0. The molecule has 1 amide bonds. The quantitative estimate of drug-likeness (QED) is 0.676. The number of Topliss-reactive ketones (excluding diaryl/α,β-unsaturated/α-hetero) is 1. The lowest BCUT2D eigenvalue weighted by Crippen LogP contribution is -2.16. The molecule has 0 saturated heterocycles. The maximum absolute atomic E-state index is 13.2. The number of para-hydroxylation sites is 1. The largest absolute Gasteiger partial charge is 0.454 e. The summed E-state index contributed by atoms with van der Waals surface area (Å²) in [5.41, 5.74) is 2.88. The fraction of sp³-hybridized carbons (Fsp3) is 0.227. The monoisotopic (exact) mass is 376 g/mol. The fourth-order valence-corrected chi connectivity index (χ4v) is 3.21. The van der Waals surface area contributed by atoms with Crippen molar-refractivity contribution in [3.63, 3.8) is 0 Å². The Balaban J connectivity index is 1.78. The topological polar surface area (TPSA) is 77.5 Å². The third-order valence-corrected chi connectivity index (χ3v) is 4.71. The Morgan fingerprint density at radius 2 is 1.75 bits per heavy atom. The van der Waals surface area contributed by atoms with Crippen molar-refractivity contribution in [3.05, 3.63) is 59.3 Å². The van der Waals surface area contributed by atoms with Gasteiger partial charge in [0.2, 0.25) is 6.79 Å². The Morgan fingerprint density at radius 1 is 1.04 bits per heavy atom. The van der Waals surface area contributed by atoms with Crippen LogP contribution in [0.2, 0.25) is 0 Å². The van der Waals surface area contributed by atoms with E-state index in [-0.39, 0.29) is 24.4 Å². The van der Waals surface area contributed by atoms with E-state index in [4.69, 9.17) is 9.47 Å². The van der Waals surface area contributed by atoms with Gasteiger partial charge in [-0.1, -0.05) is 32.0 Å². The number of ether oxygens (including phenoxy) is 2. The van der Waals surface area contributed by atoms with E-state index < -0.39 is 0 Å². The summed E-state index contributed by atoms with van der Waals surface area (Å²) >= 11 is 0. The lowest BCUT2D eigenvalue weighted by atomic mass is 10.0. The van der Waals surface area contributed by atoms with Gasteiger partial charge in [0.15, 0.2) is 17.3 Å². The molecule has 6 nitrogen and oxygen atoms in total. The Bertz CT molecular complexity index is 1110. The van der Waals surface area contributed by atoms with Gasteiger partial charge in [-0.15, -0.1) is 0 Å². The Labute approximate surface area is 162 Å². The molecule has 142 valence electrons. The van der Waals surface area contributed by atoms with Crippen molar-refractivity contribution in [1.29, 1.82) is 0 Å². The molecule has 3 aromatic rings. The van der Waals surface area contributed by atoms with Gasteiger partial charge >= 0.3 is 0 Å². The molecule has 1 N–H and O–H groups in total. The first-order valence-electron chi connectivity index (χ1n) is 9.09. The van der Waals surface area contributed by atoms with Crippen LogP contribution in [0.3, 0.4) is 0 Å². The molecule has 4 rings (SSSR count). The van der Waals surface area contributed by atoms with E-state index in [9.17, 15) is 9.59 Å². The number of nitrogens with zero attached hydrogens (tertiary/aromatic N) is 1. The van der Waals surface area contributed by atoms with Crippen LogP contribution in [0.25, 0.3) is 10.9 Å². The van der Waals surface area contributed by atoms with E-state index >= 15 is 0 Å². The number of carbonyl (C=O) groups is 2. The predicted octanol–water partition coefficient (Wildman–Crippen LogP) is 4.54. The summed E-state index contributed by atoms with van der Waals surface area (Å²) in [6.07, 6.45) is 0. The van der Waals surface area contributed by atoms with E-state index in [2.05, 4.69) is 10.3 Å². The van der Waals surface area contributed by atoms with Gasteiger partial charge in [0.25, 0.3) is 5.91 Å². The normalized spacial score (nSPS) is 12.4. The molecule has 0 unspecified atom stereocenters. The molecule has 0 aliphatic carbocycles. The van der Waals surface area contributed by atoms with Crippen LogP contribution in [0, 0.1) is 0 Å². The molecule has 0 bridgehead atoms. The number of aromatic nitrogens is 1. The van der Waals surface area contributed by atoms with Crippen LogP contribution in [-0.4, -0.2) is 23.5 Å². The van der Waals surface area contributed by atoms with Crippen molar-refractivity contribution in [2.45, 2.75) is 26.7 Å². The standard InChI is InChI=1S/C22H20N2O4/c1-12(2)18-8-16(14-6-4-5-7-17(14)23-18)22(26)24-19-10-21-20(27-11-28-21)9-15(19)13(3)25/h4-10,12H,11H2,1-3H3,(H,24,26). The molecule has 1 aliphatic heterocycles. The molecule has 0 radical (unpaired) electrons. The molecule has 1 aromatic heterocycles. The van der Waals surface area contributed by atoms with Crippen molar-refractivity contribution in [1.82, 2.24) is 4.98 Å². The van der Waals surface area contributed by atoms with Crippen LogP contribution in [0.4, 0.5) is 5.69 Å². The van der Waals surface area contributed by atoms with E-state index in [0.717, 1.165) is 16.6 Å². The van der Waals surface area contributed by atoms with E-state index in [1.54, 1.807) is 12.1 Å². The number of fused-ring (bicyclic) bond motifs is 2. The highest BCUT2D eigenvalue weighted by Crippen LogP contribution is 2.37. The molecule has 28 heavy (non-hydrogen) atoms. The van der Waals surface area contributed by atoms with Gasteiger partial charge in [-0.05, 0) is 31.0 Å². The Hall–Kier alpha value is -3.41. The second-order valence-electron chi connectivity index (χ2n) is 7.03. The third-order valence-electron chi connectivity index (χ3n) is 4.71. The van der Waals surface area contributed by atoms with E-state index in [0.29, 0.717) is 28.3 Å². The summed E-state index contributed by atoms with van der Waals surface area (Å²) < 4.78 is 10.7. The molecule has 2 aromatic carbocycles. The van der Waals surface area contributed by atoms with Crippen LogP contribution in [-0.2, 0) is 0 Å². The summed E-state index contributed by atoms with van der Waals surface area (Å²) in [6, 6.07) is 12.6. The van der Waals surface area contributed by atoms with Gasteiger partial charge in [0, 0.05) is 22.7 Å². The summed E-state index contributed by atoms with van der Waals surface area (Å²) in [6.45, 7) is 5.61. The highest BCUT2D eigenvalue weighted by molar-refractivity contribution is 6.14. The average Bonchev–Trinajstić information content (AvgIpc) is 3.13. The molecule has 0 spiro atoms. The first-order valence-corrected chi connectivity index (χ1v) is 9.09. The van der Waals surface area contributed by atoms with E-state index in [1.165, 1.54) is 6.92 Å². The minimum absolute atomic E-state index is 0.0941. The SMILES string of the molecule is CC(=O)c1cc2c(cc1NC(=O)c1cc(C(C)C)nc3ccccc13)OCO2. The maximum atomic E-state index is 13.2. The number of hydrogen-bond donors (Lipinski definition) is 1. The minimum atomic E-state index is -0.304. The number of pyridine rings is 1. The van der Waals surface area contributed by atoms with Crippen LogP contribution in [0.15, 0.2) is 42.5 Å². The number of benzene rings is 2. The smallest absolute Gasteiger partial charge is 0.256 e. The van der Waals surface area contributed by atoms with Crippen LogP contribution in [0.5, 0.6) is 11.5 Å². The number of nitrogens with one attached hydrogen (secondary N) is 1. The molecular formula is C22H20N2O4. The lowest BCUT2D eigenvalue weighted by molar-refractivity contribution is 0.101. The molecule has 0 fully saturated rings. The number of amides is 1. The maximum Gasteiger partial charge on any atom is 0.256 e. The average molecular weight is 376 g/mol. The summed E-state index contributed by atoms with van der Waals surface area (Å²) in [5, 5.41) is 3.63. The van der Waals surface area contributed by atoms with Crippen LogP contribution >= 0.6 is 0 Å². The molecule has 6 heteroatoms. The summed E-state index contributed by atoms with van der Waals surface area (Å²) in [7, 11) is 0.